The van der Waals surface area contributed by atoms with Crippen molar-refractivity contribution in [3.05, 3.63) is 59.2 Å². The second-order valence-electron chi connectivity index (χ2n) is 8.30. The molecule has 0 spiro atoms. The summed E-state index contributed by atoms with van der Waals surface area (Å²) in [5, 5.41) is 22.4. The molecule has 1 aliphatic rings. The zero-order valence-electron chi connectivity index (χ0n) is 19.5. The summed E-state index contributed by atoms with van der Waals surface area (Å²) in [6, 6.07) is 10.0. The highest BCUT2D eigenvalue weighted by Gasteiger charge is 2.38. The molecule has 0 fully saturated rings. The van der Waals surface area contributed by atoms with Crippen molar-refractivity contribution in [2.75, 3.05) is 14.2 Å². The van der Waals surface area contributed by atoms with Gasteiger partial charge < -0.3 is 24.6 Å². The van der Waals surface area contributed by atoms with Crippen molar-refractivity contribution in [1.82, 2.24) is 10.2 Å². The lowest BCUT2D eigenvalue weighted by Gasteiger charge is -2.37. The van der Waals surface area contributed by atoms with Crippen molar-refractivity contribution < 1.29 is 34.1 Å². The fourth-order valence-electron chi connectivity index (χ4n) is 4.22. The Hall–Kier alpha value is -3.59. The number of methoxy groups -OCH3 is 2. The van der Waals surface area contributed by atoms with Crippen LogP contribution in [-0.4, -0.2) is 65.3 Å². The van der Waals surface area contributed by atoms with E-state index in [2.05, 4.69) is 5.32 Å². The number of carboxylic acid groups (broad SMARTS) is 2. The zero-order chi connectivity index (χ0) is 24.8. The Morgan fingerprint density at radius 1 is 1.06 bits per heavy atom. The summed E-state index contributed by atoms with van der Waals surface area (Å²) in [7, 11) is 3.01. The van der Waals surface area contributed by atoms with Crippen LogP contribution in [0, 0.1) is 0 Å². The summed E-state index contributed by atoms with van der Waals surface area (Å²) in [5.41, 5.74) is 2.52. The van der Waals surface area contributed by atoms with Crippen LogP contribution in [0.3, 0.4) is 0 Å². The number of rotatable bonds is 10. The first-order valence-electron chi connectivity index (χ1n) is 11.0. The number of carbonyl (C=O) groups is 3. The van der Waals surface area contributed by atoms with Crippen molar-refractivity contribution in [1.29, 1.82) is 0 Å². The summed E-state index contributed by atoms with van der Waals surface area (Å²) in [6.07, 6.45) is 0.932. The maximum absolute atomic E-state index is 13.3. The predicted octanol–water partition coefficient (Wildman–Crippen LogP) is 2.11. The number of carboxylic acids is 2. The Morgan fingerprint density at radius 2 is 1.68 bits per heavy atom. The highest BCUT2D eigenvalue weighted by molar-refractivity contribution is 5.88. The Kier molecular flexibility index (Phi) is 8.12. The lowest BCUT2D eigenvalue weighted by Crippen LogP contribution is -2.56. The van der Waals surface area contributed by atoms with Gasteiger partial charge in [0.1, 0.15) is 12.1 Å². The van der Waals surface area contributed by atoms with Gasteiger partial charge in [-0.25, -0.2) is 4.79 Å². The molecule has 3 N–H and O–H groups in total. The third-order valence-corrected chi connectivity index (χ3v) is 6.09. The molecule has 0 aromatic heterocycles. The van der Waals surface area contributed by atoms with Crippen LogP contribution in [0.4, 0.5) is 0 Å². The minimum atomic E-state index is -1.13. The molecule has 0 saturated heterocycles. The Bertz CT molecular complexity index is 1040. The number of ether oxygens (including phenoxy) is 2. The van der Waals surface area contributed by atoms with Crippen LogP contribution < -0.4 is 14.8 Å². The molecule has 0 aliphatic carbocycles. The predicted molar refractivity (Wildman–Crippen MR) is 124 cm³/mol. The number of fused-ring (bicyclic) bond motifs is 1. The van der Waals surface area contributed by atoms with Gasteiger partial charge >= 0.3 is 11.9 Å². The van der Waals surface area contributed by atoms with Crippen LogP contribution in [0.25, 0.3) is 0 Å². The van der Waals surface area contributed by atoms with Gasteiger partial charge in [-0.3, -0.25) is 14.9 Å². The molecule has 1 amide bonds. The molecule has 1 heterocycles. The van der Waals surface area contributed by atoms with Crippen LogP contribution in [-0.2, 0) is 33.8 Å². The Morgan fingerprint density at radius 3 is 2.24 bits per heavy atom. The molecule has 0 bridgehead atoms. The normalized spacial score (nSPS) is 16.8. The zero-order valence-corrected chi connectivity index (χ0v) is 19.5. The largest absolute Gasteiger partial charge is 0.493 e. The topological polar surface area (TPSA) is 125 Å². The van der Waals surface area contributed by atoms with Crippen LogP contribution in [0.2, 0.25) is 0 Å². The number of nitrogens with zero attached hydrogens (tertiary/aromatic N) is 1. The molecule has 9 heteroatoms. The van der Waals surface area contributed by atoms with Crippen molar-refractivity contribution in [2.24, 2.45) is 0 Å². The maximum atomic E-state index is 13.3. The van der Waals surface area contributed by atoms with Crippen LogP contribution in [0.5, 0.6) is 11.5 Å². The number of benzene rings is 2. The molecule has 0 saturated carbocycles. The minimum absolute atomic E-state index is 0.0687. The summed E-state index contributed by atoms with van der Waals surface area (Å²) in [4.78, 5) is 38.4. The molecular weight excluding hydrogens is 440 g/mol. The van der Waals surface area contributed by atoms with E-state index in [1.54, 1.807) is 19.1 Å². The van der Waals surface area contributed by atoms with Gasteiger partial charge in [0.2, 0.25) is 5.91 Å². The summed E-state index contributed by atoms with van der Waals surface area (Å²) in [6.45, 7) is 1.63. The monoisotopic (exact) mass is 470 g/mol. The molecule has 9 nitrogen and oxygen atoms in total. The lowest BCUT2D eigenvalue weighted by molar-refractivity contribution is -0.152. The third kappa shape index (κ3) is 5.66. The van der Waals surface area contributed by atoms with E-state index in [0.29, 0.717) is 24.3 Å². The summed E-state index contributed by atoms with van der Waals surface area (Å²) in [5.74, 6) is -1.69. The molecule has 1 aliphatic heterocycles. The molecule has 0 radical (unpaired) electrons. The van der Waals surface area contributed by atoms with Crippen LogP contribution in [0.15, 0.2) is 42.5 Å². The van der Waals surface area contributed by atoms with E-state index >= 15 is 0 Å². The van der Waals surface area contributed by atoms with Crippen molar-refractivity contribution >= 4 is 17.8 Å². The molecule has 3 rings (SSSR count). The average Bonchev–Trinajstić information content (AvgIpc) is 2.84. The quantitative estimate of drug-likeness (QED) is 0.482. The van der Waals surface area contributed by atoms with Gasteiger partial charge in [0, 0.05) is 13.0 Å². The molecule has 2 aromatic carbocycles. The van der Waals surface area contributed by atoms with Crippen LogP contribution in [0.1, 0.15) is 30.0 Å². The molecule has 0 unspecified atom stereocenters. The fourth-order valence-corrected chi connectivity index (χ4v) is 4.22. The summed E-state index contributed by atoms with van der Waals surface area (Å²) >= 11 is 0. The van der Waals surface area contributed by atoms with E-state index < -0.39 is 36.0 Å². The van der Waals surface area contributed by atoms with E-state index in [1.807, 2.05) is 30.3 Å². The van der Waals surface area contributed by atoms with Crippen LogP contribution >= 0.6 is 0 Å². The Balaban J connectivity index is 1.76. The number of aryl methyl sites for hydroxylation is 1. The Labute approximate surface area is 198 Å². The fraction of sp³-hybridized carbons (Fsp3) is 0.400. The van der Waals surface area contributed by atoms with E-state index in [4.69, 9.17) is 9.47 Å². The standard InChI is InChI=1S/C25H30N2O7/c1-15(26-19(24(29)30)10-9-16-7-5-4-6-8-16)23(28)27-14-18-13-22(34-3)21(33-2)12-17(18)11-20(27)25(31)32/h4-8,12-13,15,19-20,26H,9-11,14H2,1-3H3,(H,29,30)(H,31,32)/t15-,19-,20-/m0/s1. The summed E-state index contributed by atoms with van der Waals surface area (Å²) < 4.78 is 10.7. The van der Waals surface area contributed by atoms with Crippen molar-refractivity contribution in [2.45, 2.75) is 50.9 Å². The maximum Gasteiger partial charge on any atom is 0.326 e. The molecule has 182 valence electrons. The number of hydrogen-bond donors (Lipinski definition) is 3. The van der Waals surface area contributed by atoms with E-state index in [0.717, 1.165) is 16.7 Å². The molecule has 3 atom stereocenters. The van der Waals surface area contributed by atoms with Gasteiger partial charge in [-0.15, -0.1) is 0 Å². The third-order valence-electron chi connectivity index (χ3n) is 6.09. The second-order valence-corrected chi connectivity index (χ2v) is 8.30. The smallest absolute Gasteiger partial charge is 0.326 e. The SMILES string of the molecule is COc1cc2c(cc1OC)CN(C(=O)[C@H](C)N[C@@H](CCc1ccccc1)C(=O)O)[C@H](C(=O)O)C2. The van der Waals surface area contributed by atoms with E-state index in [-0.39, 0.29) is 13.0 Å². The van der Waals surface area contributed by atoms with Crippen molar-refractivity contribution in [3.8, 4) is 11.5 Å². The number of carbonyl (C=O) groups excluding carboxylic acids is 1. The number of aliphatic carboxylic acids is 2. The van der Waals surface area contributed by atoms with E-state index in [1.165, 1.54) is 19.1 Å². The first kappa shape index (κ1) is 25.0. The average molecular weight is 471 g/mol. The minimum Gasteiger partial charge on any atom is -0.493 e. The number of amides is 1. The van der Waals surface area contributed by atoms with Gasteiger partial charge in [-0.1, -0.05) is 30.3 Å². The highest BCUT2D eigenvalue weighted by atomic mass is 16.5. The van der Waals surface area contributed by atoms with Gasteiger partial charge in [0.05, 0.1) is 20.3 Å². The first-order valence-corrected chi connectivity index (χ1v) is 11.0. The van der Waals surface area contributed by atoms with Gasteiger partial charge in [0.25, 0.3) is 0 Å². The van der Waals surface area contributed by atoms with Gasteiger partial charge in [-0.2, -0.15) is 0 Å². The number of hydrogen-bond acceptors (Lipinski definition) is 6. The highest BCUT2D eigenvalue weighted by Crippen LogP contribution is 2.35. The van der Waals surface area contributed by atoms with Gasteiger partial charge in [-0.05, 0) is 48.6 Å². The first-order chi connectivity index (χ1) is 16.2. The second kappa shape index (κ2) is 11.0. The van der Waals surface area contributed by atoms with Crippen molar-refractivity contribution in [3.63, 3.8) is 0 Å². The molecule has 34 heavy (non-hydrogen) atoms. The molecular formula is C25H30N2O7. The lowest BCUT2D eigenvalue weighted by atomic mass is 9.92. The molecule has 2 aromatic rings. The van der Waals surface area contributed by atoms with E-state index in [9.17, 15) is 24.6 Å². The van der Waals surface area contributed by atoms with Gasteiger partial charge in [0.15, 0.2) is 11.5 Å². The number of nitrogens with one attached hydrogen (secondary N) is 1.